The lowest BCUT2D eigenvalue weighted by molar-refractivity contribution is 0.479. The van der Waals surface area contributed by atoms with E-state index in [2.05, 4.69) is 52.9 Å². The lowest BCUT2D eigenvalue weighted by Gasteiger charge is -2.11. The number of rotatable bonds is 3. The lowest BCUT2D eigenvalue weighted by Crippen LogP contribution is -2.09. The second-order valence-electron chi connectivity index (χ2n) is 4.81. The number of benzene rings is 2. The zero-order valence-corrected chi connectivity index (χ0v) is 11.6. The fourth-order valence-electron chi connectivity index (χ4n) is 2.17. The Hall–Kier alpha value is -1.70. The predicted octanol–water partition coefficient (Wildman–Crippen LogP) is 2.92. The van der Waals surface area contributed by atoms with Crippen molar-refractivity contribution in [3.8, 4) is 11.5 Å². The van der Waals surface area contributed by atoms with Crippen molar-refractivity contribution in [2.45, 2.75) is 27.2 Å². The fourth-order valence-corrected chi connectivity index (χ4v) is 2.17. The second kappa shape index (κ2) is 5.30. The van der Waals surface area contributed by atoms with Crippen LogP contribution in [0.2, 0.25) is 0 Å². The molecule has 0 heterocycles. The molecule has 0 bridgehead atoms. The number of hydrogen-bond donors (Lipinski definition) is 0. The smallest absolute Gasteiger partial charge is 0.139 e. The molecule has 2 aromatic carbocycles. The van der Waals surface area contributed by atoms with E-state index < -0.39 is 0 Å². The Morgan fingerprint density at radius 3 is 2.44 bits per heavy atom. The van der Waals surface area contributed by atoms with Crippen LogP contribution in [0.5, 0.6) is 11.5 Å². The van der Waals surface area contributed by atoms with Crippen LogP contribution >= 0.6 is 0 Å². The van der Waals surface area contributed by atoms with Crippen LogP contribution in [-0.2, 0) is 6.42 Å². The molecule has 0 saturated carbocycles. The summed E-state index contributed by atoms with van der Waals surface area (Å²) in [5.41, 5.74) is 5.10. The van der Waals surface area contributed by atoms with Gasteiger partial charge in [-0.1, -0.05) is 41.7 Å². The fraction of sp³-hybridized carbons (Fsp3) is 0.250. The van der Waals surface area contributed by atoms with Crippen molar-refractivity contribution in [1.82, 2.24) is 0 Å². The number of hydrogen-bond acceptors (Lipinski definition) is 1. The quantitative estimate of drug-likeness (QED) is 0.747. The highest BCUT2D eigenvalue weighted by Gasteiger charge is 2.03. The molecule has 0 atom stereocenters. The van der Waals surface area contributed by atoms with Crippen molar-refractivity contribution in [2.24, 2.45) is 0 Å². The maximum Gasteiger partial charge on any atom is 0.139 e. The van der Waals surface area contributed by atoms with Gasteiger partial charge in [0.1, 0.15) is 19.3 Å². The summed E-state index contributed by atoms with van der Waals surface area (Å²) < 4.78 is 5.94. The summed E-state index contributed by atoms with van der Waals surface area (Å²) >= 11 is 0. The SMILES string of the molecule is Bc1cc(Oc2ccc(C)cc2C)ccc1CC. The van der Waals surface area contributed by atoms with Crippen LogP contribution in [0.15, 0.2) is 36.4 Å². The highest BCUT2D eigenvalue weighted by Crippen LogP contribution is 2.25. The van der Waals surface area contributed by atoms with Gasteiger partial charge in [-0.25, -0.2) is 0 Å². The molecule has 18 heavy (non-hydrogen) atoms. The molecule has 2 aromatic rings. The van der Waals surface area contributed by atoms with E-state index in [1.807, 2.05) is 12.1 Å². The van der Waals surface area contributed by atoms with Crippen molar-refractivity contribution in [3.63, 3.8) is 0 Å². The summed E-state index contributed by atoms with van der Waals surface area (Å²) in [4.78, 5) is 0. The molecule has 0 aliphatic rings. The summed E-state index contributed by atoms with van der Waals surface area (Å²) in [6.07, 6.45) is 1.07. The van der Waals surface area contributed by atoms with E-state index in [-0.39, 0.29) is 0 Å². The van der Waals surface area contributed by atoms with E-state index in [9.17, 15) is 0 Å². The van der Waals surface area contributed by atoms with Gasteiger partial charge in [0.25, 0.3) is 0 Å². The molecule has 0 unspecified atom stereocenters. The Labute approximate surface area is 110 Å². The first-order chi connectivity index (χ1) is 8.60. The minimum Gasteiger partial charge on any atom is -0.457 e. The number of ether oxygens (including phenoxy) is 1. The molecule has 0 amide bonds. The number of aryl methyl sites for hydroxylation is 3. The first-order valence-corrected chi connectivity index (χ1v) is 6.44. The average Bonchev–Trinajstić information content (AvgIpc) is 2.33. The topological polar surface area (TPSA) is 9.23 Å². The van der Waals surface area contributed by atoms with Crippen molar-refractivity contribution in [3.05, 3.63) is 53.1 Å². The summed E-state index contributed by atoms with van der Waals surface area (Å²) in [5, 5.41) is 0. The molecular weight excluding hydrogens is 219 g/mol. The van der Waals surface area contributed by atoms with Crippen LogP contribution in [0.4, 0.5) is 0 Å². The maximum absolute atomic E-state index is 5.94. The van der Waals surface area contributed by atoms with Crippen LogP contribution in [0.1, 0.15) is 23.6 Å². The van der Waals surface area contributed by atoms with E-state index in [0.29, 0.717) is 0 Å². The van der Waals surface area contributed by atoms with E-state index in [1.54, 1.807) is 0 Å². The van der Waals surface area contributed by atoms with Gasteiger partial charge in [-0.2, -0.15) is 0 Å². The molecule has 1 nitrogen and oxygen atoms in total. The average molecular weight is 238 g/mol. The second-order valence-corrected chi connectivity index (χ2v) is 4.81. The minimum absolute atomic E-state index is 0.914. The van der Waals surface area contributed by atoms with Gasteiger partial charge < -0.3 is 4.74 Å². The van der Waals surface area contributed by atoms with E-state index >= 15 is 0 Å². The molecule has 2 rings (SSSR count). The third kappa shape index (κ3) is 2.76. The van der Waals surface area contributed by atoms with Gasteiger partial charge in [-0.3, -0.25) is 0 Å². The monoisotopic (exact) mass is 238 g/mol. The Bertz CT molecular complexity index is 561. The van der Waals surface area contributed by atoms with Gasteiger partial charge >= 0.3 is 0 Å². The highest BCUT2D eigenvalue weighted by atomic mass is 16.5. The van der Waals surface area contributed by atoms with Crippen molar-refractivity contribution in [1.29, 1.82) is 0 Å². The van der Waals surface area contributed by atoms with Gasteiger partial charge in [-0.15, -0.1) is 0 Å². The Balaban J connectivity index is 2.26. The molecule has 0 aliphatic carbocycles. The van der Waals surface area contributed by atoms with Crippen molar-refractivity contribution >= 4 is 13.3 Å². The maximum atomic E-state index is 5.94. The Morgan fingerprint density at radius 2 is 1.83 bits per heavy atom. The van der Waals surface area contributed by atoms with Crippen LogP contribution in [0.3, 0.4) is 0 Å². The molecule has 0 N–H and O–H groups in total. The highest BCUT2D eigenvalue weighted by molar-refractivity contribution is 6.33. The Kier molecular flexibility index (Phi) is 3.76. The van der Waals surface area contributed by atoms with Gasteiger partial charge in [0.15, 0.2) is 0 Å². The van der Waals surface area contributed by atoms with Crippen LogP contribution in [0, 0.1) is 13.8 Å². The molecule has 0 fully saturated rings. The summed E-state index contributed by atoms with van der Waals surface area (Å²) in [6.45, 7) is 6.35. The molecule has 0 spiro atoms. The minimum atomic E-state index is 0.914. The summed E-state index contributed by atoms with van der Waals surface area (Å²) in [7, 11) is 2.13. The van der Waals surface area contributed by atoms with Crippen molar-refractivity contribution in [2.75, 3.05) is 0 Å². The van der Waals surface area contributed by atoms with Crippen LogP contribution < -0.4 is 10.2 Å². The molecule has 0 aromatic heterocycles. The standard InChI is InChI=1S/C16H19BO/c1-4-13-6-7-14(10-15(13)17)18-16-8-5-11(2)9-12(16)3/h5-10H,4,17H2,1-3H3. The van der Waals surface area contributed by atoms with Crippen LogP contribution in [0.25, 0.3) is 0 Å². The van der Waals surface area contributed by atoms with Gasteiger partial charge in [0.2, 0.25) is 0 Å². The normalized spacial score (nSPS) is 10.4. The predicted molar refractivity (Wildman–Crippen MR) is 80.0 cm³/mol. The third-order valence-electron chi connectivity index (χ3n) is 3.25. The molecule has 92 valence electrons. The molecule has 0 saturated heterocycles. The molecule has 0 aliphatic heterocycles. The van der Waals surface area contributed by atoms with Gasteiger partial charge in [0.05, 0.1) is 0 Å². The lowest BCUT2D eigenvalue weighted by atomic mass is 9.89. The third-order valence-corrected chi connectivity index (χ3v) is 3.25. The van der Waals surface area contributed by atoms with Gasteiger partial charge in [-0.05, 0) is 44.0 Å². The molecular formula is C16H19BO. The summed E-state index contributed by atoms with van der Waals surface area (Å²) in [6, 6.07) is 12.6. The first kappa shape index (κ1) is 12.8. The van der Waals surface area contributed by atoms with E-state index in [0.717, 1.165) is 17.9 Å². The van der Waals surface area contributed by atoms with E-state index in [4.69, 9.17) is 4.74 Å². The first-order valence-electron chi connectivity index (χ1n) is 6.44. The molecule has 0 radical (unpaired) electrons. The van der Waals surface area contributed by atoms with Crippen molar-refractivity contribution < 1.29 is 4.74 Å². The van der Waals surface area contributed by atoms with Crippen LogP contribution in [-0.4, -0.2) is 7.85 Å². The van der Waals surface area contributed by atoms with E-state index in [1.165, 1.54) is 22.2 Å². The largest absolute Gasteiger partial charge is 0.457 e. The molecule has 2 heteroatoms. The van der Waals surface area contributed by atoms with Gasteiger partial charge in [0, 0.05) is 0 Å². The zero-order valence-electron chi connectivity index (χ0n) is 11.6. The zero-order chi connectivity index (χ0) is 13.1. The summed E-state index contributed by atoms with van der Waals surface area (Å²) in [5.74, 6) is 1.85. The Morgan fingerprint density at radius 1 is 1.06 bits per heavy atom.